The monoisotopic (exact) mass is 382 g/mol. The molecule has 1 fully saturated rings. The van der Waals surface area contributed by atoms with Crippen molar-refractivity contribution in [2.24, 2.45) is 0 Å². The summed E-state index contributed by atoms with van der Waals surface area (Å²) >= 11 is 1.41. The quantitative estimate of drug-likeness (QED) is 0.726. The van der Waals surface area contributed by atoms with Crippen LogP contribution in [0.3, 0.4) is 0 Å². The summed E-state index contributed by atoms with van der Waals surface area (Å²) in [4.78, 5) is 30.6. The zero-order valence-corrected chi connectivity index (χ0v) is 15.5. The molecule has 0 bridgehead atoms. The van der Waals surface area contributed by atoms with Gasteiger partial charge in [-0.05, 0) is 36.4 Å². The Morgan fingerprint density at radius 3 is 2.74 bits per heavy atom. The lowest BCUT2D eigenvalue weighted by atomic mass is 10.2. The maximum Gasteiger partial charge on any atom is 0.321 e. The Bertz CT molecular complexity index is 953. The van der Waals surface area contributed by atoms with E-state index in [0.29, 0.717) is 11.7 Å². The van der Waals surface area contributed by atoms with Crippen molar-refractivity contribution >= 4 is 44.3 Å². The van der Waals surface area contributed by atoms with Crippen LogP contribution in [-0.4, -0.2) is 36.6 Å². The predicted molar refractivity (Wildman–Crippen MR) is 106 cm³/mol. The van der Waals surface area contributed by atoms with E-state index >= 15 is 0 Å². The van der Waals surface area contributed by atoms with Gasteiger partial charge < -0.3 is 15.0 Å². The van der Waals surface area contributed by atoms with E-state index in [1.807, 2.05) is 48.5 Å². The molecular formula is C19H18N4O3S. The zero-order valence-electron chi connectivity index (χ0n) is 14.6. The van der Waals surface area contributed by atoms with Crippen LogP contribution < -0.4 is 20.3 Å². The number of anilines is 2. The minimum absolute atomic E-state index is 0.0227. The molecule has 1 aliphatic heterocycles. The number of carbonyl (C=O) groups excluding carboxylic acids is 2. The van der Waals surface area contributed by atoms with Crippen LogP contribution in [-0.2, 0) is 4.79 Å². The highest BCUT2D eigenvalue weighted by molar-refractivity contribution is 7.22. The predicted octanol–water partition coefficient (Wildman–Crippen LogP) is 3.23. The van der Waals surface area contributed by atoms with Gasteiger partial charge in [-0.3, -0.25) is 10.1 Å². The summed E-state index contributed by atoms with van der Waals surface area (Å²) in [5, 5.41) is 6.14. The summed E-state index contributed by atoms with van der Waals surface area (Å²) in [6.45, 7) is 0.429. The van der Waals surface area contributed by atoms with Gasteiger partial charge in [0.1, 0.15) is 5.75 Å². The van der Waals surface area contributed by atoms with Crippen molar-refractivity contribution in [2.75, 3.05) is 23.9 Å². The van der Waals surface area contributed by atoms with Crippen molar-refractivity contribution in [1.29, 1.82) is 0 Å². The van der Waals surface area contributed by atoms with Gasteiger partial charge in [0.05, 0.1) is 23.4 Å². The van der Waals surface area contributed by atoms with Gasteiger partial charge in [-0.2, -0.15) is 0 Å². The van der Waals surface area contributed by atoms with Crippen LogP contribution in [0, 0.1) is 0 Å². The molecule has 1 aromatic heterocycles. The average Bonchev–Trinajstić information content (AvgIpc) is 3.24. The van der Waals surface area contributed by atoms with E-state index in [-0.39, 0.29) is 24.4 Å². The third kappa shape index (κ3) is 3.70. The smallest absolute Gasteiger partial charge is 0.321 e. The molecule has 4 rings (SSSR count). The molecule has 138 valence electrons. The summed E-state index contributed by atoms with van der Waals surface area (Å²) in [7, 11) is 1.60. The van der Waals surface area contributed by atoms with Gasteiger partial charge in [0.2, 0.25) is 5.91 Å². The van der Waals surface area contributed by atoms with Gasteiger partial charge in [0.15, 0.2) is 5.13 Å². The molecule has 2 N–H and O–H groups in total. The first-order valence-electron chi connectivity index (χ1n) is 8.50. The summed E-state index contributed by atoms with van der Waals surface area (Å²) in [5.74, 6) is 0.709. The fourth-order valence-electron chi connectivity index (χ4n) is 3.06. The van der Waals surface area contributed by atoms with Gasteiger partial charge in [0.25, 0.3) is 0 Å². The summed E-state index contributed by atoms with van der Waals surface area (Å²) in [6, 6.07) is 14.4. The van der Waals surface area contributed by atoms with Crippen molar-refractivity contribution in [1.82, 2.24) is 10.3 Å². The van der Waals surface area contributed by atoms with E-state index in [1.165, 1.54) is 11.3 Å². The highest BCUT2D eigenvalue weighted by atomic mass is 32.1. The molecule has 3 aromatic rings. The Hall–Kier alpha value is -3.13. The third-order valence-electron chi connectivity index (χ3n) is 4.36. The number of thiazole rings is 1. The van der Waals surface area contributed by atoms with Crippen molar-refractivity contribution < 1.29 is 14.3 Å². The van der Waals surface area contributed by atoms with Crippen LogP contribution in [0.1, 0.15) is 6.42 Å². The van der Waals surface area contributed by atoms with Crippen LogP contribution >= 0.6 is 11.3 Å². The number of benzene rings is 2. The molecule has 1 atom stereocenters. The number of rotatable bonds is 4. The minimum atomic E-state index is -0.358. The van der Waals surface area contributed by atoms with E-state index in [4.69, 9.17) is 4.74 Å². The van der Waals surface area contributed by atoms with Gasteiger partial charge in [-0.25, -0.2) is 9.78 Å². The van der Waals surface area contributed by atoms with Crippen molar-refractivity contribution in [3.8, 4) is 5.75 Å². The molecule has 3 amide bonds. The van der Waals surface area contributed by atoms with Crippen LogP contribution in [0.5, 0.6) is 5.75 Å². The standard InChI is InChI=1S/C19H18N4O3S/c1-26-14-8-6-13(7-9-14)23-11-12(10-17(23)24)20-18(25)22-19-21-15-4-2-3-5-16(15)27-19/h2-9,12H,10-11H2,1H3,(H2,20,21,22,25)/t12-/m0/s1. The Morgan fingerprint density at radius 1 is 1.22 bits per heavy atom. The van der Waals surface area contributed by atoms with Crippen molar-refractivity contribution in [3.63, 3.8) is 0 Å². The molecule has 0 unspecified atom stereocenters. The zero-order chi connectivity index (χ0) is 18.8. The minimum Gasteiger partial charge on any atom is -0.497 e. The summed E-state index contributed by atoms with van der Waals surface area (Å²) in [5.41, 5.74) is 1.64. The second kappa shape index (κ2) is 7.24. The van der Waals surface area contributed by atoms with Gasteiger partial charge in [-0.15, -0.1) is 0 Å². The number of urea groups is 1. The van der Waals surface area contributed by atoms with Crippen LogP contribution in [0.15, 0.2) is 48.5 Å². The molecule has 0 saturated carbocycles. The van der Waals surface area contributed by atoms with Gasteiger partial charge in [0, 0.05) is 18.7 Å². The largest absolute Gasteiger partial charge is 0.497 e. The first-order valence-corrected chi connectivity index (χ1v) is 9.31. The molecular weight excluding hydrogens is 364 g/mol. The molecule has 1 aliphatic rings. The van der Waals surface area contributed by atoms with Crippen LogP contribution in [0.4, 0.5) is 15.6 Å². The third-order valence-corrected chi connectivity index (χ3v) is 5.31. The highest BCUT2D eigenvalue weighted by Crippen LogP contribution is 2.26. The number of nitrogens with zero attached hydrogens (tertiary/aromatic N) is 2. The van der Waals surface area contributed by atoms with Crippen molar-refractivity contribution in [2.45, 2.75) is 12.5 Å². The number of methoxy groups -OCH3 is 1. The molecule has 2 heterocycles. The van der Waals surface area contributed by atoms with Crippen LogP contribution in [0.2, 0.25) is 0 Å². The first-order chi connectivity index (χ1) is 13.1. The molecule has 0 spiro atoms. The molecule has 1 saturated heterocycles. The fraction of sp³-hybridized carbons (Fsp3) is 0.211. The SMILES string of the molecule is COc1ccc(N2C[C@@H](NC(=O)Nc3nc4ccccc4s3)CC2=O)cc1. The number of nitrogens with one attached hydrogen (secondary N) is 2. The number of ether oxygens (including phenoxy) is 1. The number of hydrogen-bond acceptors (Lipinski definition) is 5. The molecule has 0 aliphatic carbocycles. The van der Waals surface area contributed by atoms with Crippen molar-refractivity contribution in [3.05, 3.63) is 48.5 Å². The Kier molecular flexibility index (Phi) is 4.64. The Morgan fingerprint density at radius 2 is 2.00 bits per heavy atom. The fourth-order valence-corrected chi connectivity index (χ4v) is 3.92. The number of fused-ring (bicyclic) bond motifs is 1. The maximum atomic E-state index is 12.3. The van der Waals surface area contributed by atoms with Gasteiger partial charge in [-0.1, -0.05) is 23.5 Å². The Balaban J connectivity index is 1.37. The lowest BCUT2D eigenvalue weighted by Crippen LogP contribution is -2.39. The van der Waals surface area contributed by atoms with E-state index in [2.05, 4.69) is 15.6 Å². The van der Waals surface area contributed by atoms with E-state index < -0.39 is 0 Å². The summed E-state index contributed by atoms with van der Waals surface area (Å²) in [6.07, 6.45) is 0.263. The number of amides is 3. The molecule has 8 heteroatoms. The maximum absolute atomic E-state index is 12.3. The second-order valence-electron chi connectivity index (χ2n) is 6.19. The van der Waals surface area contributed by atoms with E-state index in [0.717, 1.165) is 21.7 Å². The number of carbonyl (C=O) groups is 2. The number of hydrogen-bond donors (Lipinski definition) is 2. The normalized spacial score (nSPS) is 16.6. The van der Waals surface area contributed by atoms with Gasteiger partial charge >= 0.3 is 6.03 Å². The molecule has 2 aromatic carbocycles. The molecule has 7 nitrogen and oxygen atoms in total. The van der Waals surface area contributed by atoms with Crippen LogP contribution in [0.25, 0.3) is 10.2 Å². The molecule has 0 radical (unpaired) electrons. The molecule has 27 heavy (non-hydrogen) atoms. The topological polar surface area (TPSA) is 83.6 Å². The number of para-hydroxylation sites is 1. The summed E-state index contributed by atoms with van der Waals surface area (Å²) < 4.78 is 6.15. The average molecular weight is 382 g/mol. The Labute approximate surface area is 160 Å². The second-order valence-corrected chi connectivity index (χ2v) is 7.22. The van der Waals surface area contributed by atoms with E-state index in [9.17, 15) is 9.59 Å². The highest BCUT2D eigenvalue weighted by Gasteiger charge is 2.31. The lowest BCUT2D eigenvalue weighted by molar-refractivity contribution is -0.117. The number of aromatic nitrogens is 1. The first kappa shape index (κ1) is 17.3. The van der Waals surface area contributed by atoms with E-state index in [1.54, 1.807) is 12.0 Å². The lowest BCUT2D eigenvalue weighted by Gasteiger charge is -2.17.